The molecule has 22 heavy (non-hydrogen) atoms. The van der Waals surface area contributed by atoms with E-state index in [4.69, 9.17) is 9.84 Å². The highest BCUT2D eigenvalue weighted by Crippen LogP contribution is 2.20. The molecule has 0 aromatic heterocycles. The van der Waals surface area contributed by atoms with Crippen LogP contribution in [0.25, 0.3) is 0 Å². The lowest BCUT2D eigenvalue weighted by molar-refractivity contribution is -0.138. The Morgan fingerprint density at radius 3 is 2.18 bits per heavy atom. The Morgan fingerprint density at radius 2 is 1.55 bits per heavy atom. The summed E-state index contributed by atoms with van der Waals surface area (Å²) in [7, 11) is 0. The van der Waals surface area contributed by atoms with Crippen LogP contribution in [0.1, 0.15) is 18.4 Å². The van der Waals surface area contributed by atoms with Crippen molar-refractivity contribution in [2.45, 2.75) is 19.4 Å². The predicted octanol–water partition coefficient (Wildman–Crippen LogP) is 2.96. The molecule has 2 rings (SSSR count). The number of nitrogens with one attached hydrogen (secondary N) is 1. The van der Waals surface area contributed by atoms with Gasteiger partial charge in [0.05, 0.1) is 6.42 Å². The van der Waals surface area contributed by atoms with Crippen molar-refractivity contribution in [1.82, 2.24) is 5.32 Å². The molecule has 5 heteroatoms. The molecule has 5 nitrogen and oxygen atoms in total. The Bertz CT molecular complexity index is 623. The Kier molecular flexibility index (Phi) is 5.54. The first kappa shape index (κ1) is 15.6. The highest BCUT2D eigenvalue weighted by molar-refractivity contribution is 5.80. The van der Waals surface area contributed by atoms with Gasteiger partial charge in [-0.1, -0.05) is 30.3 Å². The smallest absolute Gasteiger partial charge is 0.303 e. The lowest BCUT2D eigenvalue weighted by Crippen LogP contribution is -2.23. The molecule has 0 atom stereocenters. The largest absolute Gasteiger partial charge is 0.481 e. The van der Waals surface area contributed by atoms with Gasteiger partial charge in [0.25, 0.3) is 0 Å². The average molecular weight is 299 g/mol. The van der Waals surface area contributed by atoms with Crippen molar-refractivity contribution in [1.29, 1.82) is 0 Å². The van der Waals surface area contributed by atoms with Crippen LogP contribution >= 0.6 is 0 Å². The maximum atomic E-state index is 11.4. The first-order valence-corrected chi connectivity index (χ1v) is 6.94. The molecule has 0 saturated heterocycles. The Labute approximate surface area is 128 Å². The molecule has 0 heterocycles. The van der Waals surface area contributed by atoms with Crippen LogP contribution < -0.4 is 10.1 Å². The van der Waals surface area contributed by atoms with Crippen LogP contribution in [0.15, 0.2) is 54.6 Å². The van der Waals surface area contributed by atoms with Crippen molar-refractivity contribution < 1.29 is 19.4 Å². The Hall–Kier alpha value is -2.82. The van der Waals surface area contributed by atoms with Crippen LogP contribution in [0, 0.1) is 0 Å². The first-order chi connectivity index (χ1) is 10.6. The zero-order valence-corrected chi connectivity index (χ0v) is 12.0. The van der Waals surface area contributed by atoms with Crippen molar-refractivity contribution >= 4 is 11.9 Å². The number of amides is 1. The van der Waals surface area contributed by atoms with Gasteiger partial charge in [-0.25, -0.2) is 0 Å². The summed E-state index contributed by atoms with van der Waals surface area (Å²) in [6, 6.07) is 16.8. The average Bonchev–Trinajstić information content (AvgIpc) is 2.53. The van der Waals surface area contributed by atoms with Crippen LogP contribution in [0.3, 0.4) is 0 Å². The first-order valence-electron chi connectivity index (χ1n) is 6.94. The molecule has 2 N–H and O–H groups in total. The molecule has 2 aromatic rings. The fraction of sp³-hybridized carbons (Fsp3) is 0.176. The molecule has 0 aliphatic heterocycles. The molecule has 0 spiro atoms. The predicted molar refractivity (Wildman–Crippen MR) is 81.7 cm³/mol. The molecule has 0 radical (unpaired) electrons. The van der Waals surface area contributed by atoms with Gasteiger partial charge in [-0.05, 0) is 29.8 Å². The second kappa shape index (κ2) is 7.83. The molecule has 0 unspecified atom stereocenters. The molecule has 0 aliphatic rings. The molecule has 0 aliphatic carbocycles. The van der Waals surface area contributed by atoms with Gasteiger partial charge in [-0.15, -0.1) is 0 Å². The van der Waals surface area contributed by atoms with Crippen molar-refractivity contribution in [3.63, 3.8) is 0 Å². The van der Waals surface area contributed by atoms with Crippen molar-refractivity contribution in [3.05, 3.63) is 60.2 Å². The van der Waals surface area contributed by atoms with E-state index in [2.05, 4.69) is 5.32 Å². The van der Waals surface area contributed by atoms with Gasteiger partial charge in [-0.2, -0.15) is 0 Å². The number of aliphatic carboxylic acids is 1. The monoisotopic (exact) mass is 299 g/mol. The summed E-state index contributed by atoms with van der Waals surface area (Å²) in [5.74, 6) is 0.231. The molecule has 114 valence electrons. The number of rotatable bonds is 7. The van der Waals surface area contributed by atoms with Crippen molar-refractivity contribution in [2.75, 3.05) is 0 Å². The number of ether oxygens (including phenoxy) is 1. The topological polar surface area (TPSA) is 75.6 Å². The van der Waals surface area contributed by atoms with E-state index in [0.29, 0.717) is 12.3 Å². The van der Waals surface area contributed by atoms with E-state index in [-0.39, 0.29) is 18.7 Å². The molecular formula is C17H17NO4. The Morgan fingerprint density at radius 1 is 0.909 bits per heavy atom. The minimum atomic E-state index is -0.974. The minimum Gasteiger partial charge on any atom is -0.481 e. The van der Waals surface area contributed by atoms with Gasteiger partial charge in [-0.3, -0.25) is 9.59 Å². The maximum absolute atomic E-state index is 11.4. The summed E-state index contributed by atoms with van der Waals surface area (Å²) >= 11 is 0. The number of carboxylic acids is 1. The number of carbonyl (C=O) groups excluding carboxylic acids is 1. The quantitative estimate of drug-likeness (QED) is 0.824. The van der Waals surface area contributed by atoms with Crippen LogP contribution in [0.2, 0.25) is 0 Å². The van der Waals surface area contributed by atoms with E-state index >= 15 is 0 Å². The van der Waals surface area contributed by atoms with Gasteiger partial charge < -0.3 is 15.2 Å². The fourth-order valence-corrected chi connectivity index (χ4v) is 1.81. The van der Waals surface area contributed by atoms with Crippen LogP contribution in [0.4, 0.5) is 0 Å². The van der Waals surface area contributed by atoms with E-state index in [1.165, 1.54) is 0 Å². The minimum absolute atomic E-state index is 0.00939. The molecular weight excluding hydrogens is 282 g/mol. The van der Waals surface area contributed by atoms with Gasteiger partial charge in [0.2, 0.25) is 5.91 Å². The van der Waals surface area contributed by atoms with Crippen LogP contribution in [-0.2, 0) is 16.1 Å². The van der Waals surface area contributed by atoms with Gasteiger partial charge in [0.1, 0.15) is 11.5 Å². The van der Waals surface area contributed by atoms with Gasteiger partial charge in [0.15, 0.2) is 0 Å². The Balaban J connectivity index is 1.82. The van der Waals surface area contributed by atoms with Crippen molar-refractivity contribution in [3.8, 4) is 11.5 Å². The van der Waals surface area contributed by atoms with Gasteiger partial charge in [0, 0.05) is 13.0 Å². The SMILES string of the molecule is O=C(O)CCC(=O)NCc1ccc(Oc2ccccc2)cc1. The molecule has 0 saturated carbocycles. The lowest BCUT2D eigenvalue weighted by atomic mass is 10.2. The summed E-state index contributed by atoms with van der Waals surface area (Å²) in [5, 5.41) is 11.2. The number of hydrogen-bond acceptors (Lipinski definition) is 3. The second-order valence-electron chi connectivity index (χ2n) is 4.73. The zero-order chi connectivity index (χ0) is 15.8. The second-order valence-corrected chi connectivity index (χ2v) is 4.73. The summed E-state index contributed by atoms with van der Waals surface area (Å²) < 4.78 is 5.67. The van der Waals surface area contributed by atoms with Crippen LogP contribution in [-0.4, -0.2) is 17.0 Å². The summed E-state index contributed by atoms with van der Waals surface area (Å²) in [4.78, 5) is 21.8. The summed E-state index contributed by atoms with van der Waals surface area (Å²) in [6.45, 7) is 0.365. The van der Waals surface area contributed by atoms with E-state index in [1.54, 1.807) is 0 Å². The summed E-state index contributed by atoms with van der Waals surface area (Å²) in [5.41, 5.74) is 0.920. The summed E-state index contributed by atoms with van der Waals surface area (Å²) in [6.07, 6.45) is -0.166. The number of benzene rings is 2. The van der Waals surface area contributed by atoms with E-state index in [9.17, 15) is 9.59 Å². The third-order valence-corrected chi connectivity index (χ3v) is 2.96. The number of hydrogen-bond donors (Lipinski definition) is 2. The van der Waals surface area contributed by atoms with E-state index < -0.39 is 5.97 Å². The number of para-hydroxylation sites is 1. The number of carbonyl (C=O) groups is 2. The molecule has 0 bridgehead atoms. The third-order valence-electron chi connectivity index (χ3n) is 2.96. The van der Waals surface area contributed by atoms with E-state index in [1.807, 2.05) is 54.6 Å². The fourth-order valence-electron chi connectivity index (χ4n) is 1.81. The normalized spacial score (nSPS) is 10.0. The standard InChI is InChI=1S/C17H17NO4/c19-16(10-11-17(20)21)18-12-13-6-8-15(9-7-13)22-14-4-2-1-3-5-14/h1-9H,10-12H2,(H,18,19)(H,20,21). The van der Waals surface area contributed by atoms with Crippen molar-refractivity contribution in [2.24, 2.45) is 0 Å². The molecule has 0 fully saturated rings. The third kappa shape index (κ3) is 5.28. The zero-order valence-electron chi connectivity index (χ0n) is 12.0. The highest BCUT2D eigenvalue weighted by atomic mass is 16.5. The maximum Gasteiger partial charge on any atom is 0.303 e. The molecule has 1 amide bonds. The van der Waals surface area contributed by atoms with E-state index in [0.717, 1.165) is 11.3 Å². The van der Waals surface area contributed by atoms with Gasteiger partial charge >= 0.3 is 5.97 Å². The highest BCUT2D eigenvalue weighted by Gasteiger charge is 2.05. The number of carboxylic acid groups (broad SMARTS) is 1. The molecule has 2 aromatic carbocycles. The lowest BCUT2D eigenvalue weighted by Gasteiger charge is -2.07. The van der Waals surface area contributed by atoms with Crippen LogP contribution in [0.5, 0.6) is 11.5 Å².